The molecule has 0 saturated heterocycles. The van der Waals surface area contributed by atoms with Crippen molar-refractivity contribution in [2.75, 3.05) is 21.9 Å². The van der Waals surface area contributed by atoms with Gasteiger partial charge in [0, 0.05) is 24.4 Å². The van der Waals surface area contributed by atoms with Crippen molar-refractivity contribution in [1.29, 1.82) is 0 Å². The first-order valence-electron chi connectivity index (χ1n) is 8.37. The fourth-order valence-corrected chi connectivity index (χ4v) is 5.63. The van der Waals surface area contributed by atoms with Crippen LogP contribution in [-0.2, 0) is 21.2 Å². The highest BCUT2D eigenvalue weighted by molar-refractivity contribution is 8.01. The summed E-state index contributed by atoms with van der Waals surface area (Å²) >= 11 is 2.78. The first-order chi connectivity index (χ1) is 12.4. The molecule has 7 nitrogen and oxygen atoms in total. The number of nitrogens with zero attached hydrogens (tertiary/aromatic N) is 3. The molecule has 2 aromatic rings. The van der Waals surface area contributed by atoms with E-state index < -0.39 is 10.0 Å². The molecule has 0 fully saturated rings. The number of hydrogen-bond acceptors (Lipinski definition) is 7. The molecule has 0 unspecified atom stereocenters. The Hall–Kier alpha value is -1.65. The van der Waals surface area contributed by atoms with E-state index in [1.54, 1.807) is 28.8 Å². The predicted octanol–water partition coefficient (Wildman–Crippen LogP) is 3.14. The highest BCUT2D eigenvalue weighted by Crippen LogP contribution is 2.32. The number of anilines is 2. The van der Waals surface area contributed by atoms with Gasteiger partial charge >= 0.3 is 0 Å². The molecule has 0 bridgehead atoms. The van der Waals surface area contributed by atoms with Gasteiger partial charge in [-0.2, -0.15) is 0 Å². The van der Waals surface area contributed by atoms with Gasteiger partial charge in [0.2, 0.25) is 11.0 Å². The maximum Gasteiger partial charge on any atom is 0.263 e. The van der Waals surface area contributed by atoms with E-state index in [-0.39, 0.29) is 15.9 Å². The zero-order chi connectivity index (χ0) is 18.7. The average Bonchev–Trinajstić information content (AvgIpc) is 3.25. The molecule has 1 N–H and O–H groups in total. The molecular formula is C16H20N4O3S3. The van der Waals surface area contributed by atoms with Crippen LogP contribution in [0.25, 0.3) is 0 Å². The summed E-state index contributed by atoms with van der Waals surface area (Å²) in [6.45, 7) is 4.48. The minimum atomic E-state index is -3.74. The molecule has 1 aliphatic rings. The molecule has 0 spiro atoms. The molecule has 0 saturated carbocycles. The summed E-state index contributed by atoms with van der Waals surface area (Å²) < 4.78 is 28.5. The Morgan fingerprint density at radius 1 is 1.35 bits per heavy atom. The lowest BCUT2D eigenvalue weighted by Gasteiger charge is -2.16. The van der Waals surface area contributed by atoms with Crippen molar-refractivity contribution >= 4 is 49.8 Å². The quantitative estimate of drug-likeness (QED) is 0.703. The molecule has 140 valence electrons. The second-order valence-corrected chi connectivity index (χ2v) is 9.77. The third-order valence-corrected chi connectivity index (χ3v) is 7.56. The summed E-state index contributed by atoms with van der Waals surface area (Å²) in [5.41, 5.74) is 1.66. The van der Waals surface area contributed by atoms with Gasteiger partial charge in [0.15, 0.2) is 4.34 Å². The van der Waals surface area contributed by atoms with Gasteiger partial charge in [-0.05, 0) is 36.6 Å². The van der Waals surface area contributed by atoms with Gasteiger partial charge in [-0.25, -0.2) is 8.42 Å². The molecule has 10 heteroatoms. The van der Waals surface area contributed by atoms with Crippen molar-refractivity contribution in [3.8, 4) is 0 Å². The topological polar surface area (TPSA) is 92.3 Å². The van der Waals surface area contributed by atoms with Crippen LogP contribution in [0.5, 0.6) is 0 Å². The molecule has 1 aromatic heterocycles. The standard InChI is InChI=1S/C16H20N4O3S3/c1-3-9-24-16-18-17-15(25-16)19-26(22,23)12-5-6-13-11(10-12)7-8-20(13)14(21)4-2/h5-6,10H,3-4,7-9H2,1-2H3,(H,17,19). The summed E-state index contributed by atoms with van der Waals surface area (Å²) in [7, 11) is -3.74. The van der Waals surface area contributed by atoms with E-state index in [1.807, 2.05) is 6.92 Å². The number of thioether (sulfide) groups is 1. The number of sulfonamides is 1. The van der Waals surface area contributed by atoms with Crippen molar-refractivity contribution in [2.45, 2.75) is 42.3 Å². The maximum atomic E-state index is 12.6. The Bertz CT molecular complexity index is 911. The van der Waals surface area contributed by atoms with Crippen LogP contribution in [0.2, 0.25) is 0 Å². The van der Waals surface area contributed by atoms with Crippen LogP contribution in [0.3, 0.4) is 0 Å². The van der Waals surface area contributed by atoms with Gasteiger partial charge < -0.3 is 4.90 Å². The number of amides is 1. The van der Waals surface area contributed by atoms with Gasteiger partial charge in [-0.3, -0.25) is 9.52 Å². The third kappa shape index (κ3) is 4.02. The Balaban J connectivity index is 1.78. The molecular weight excluding hydrogens is 392 g/mol. The number of carbonyl (C=O) groups excluding carboxylic acids is 1. The van der Waals surface area contributed by atoms with Gasteiger partial charge in [-0.1, -0.05) is 36.9 Å². The van der Waals surface area contributed by atoms with Crippen LogP contribution in [0.1, 0.15) is 32.3 Å². The number of aromatic nitrogens is 2. The summed E-state index contributed by atoms with van der Waals surface area (Å²) in [4.78, 5) is 13.8. The lowest BCUT2D eigenvalue weighted by Crippen LogP contribution is -2.27. The highest BCUT2D eigenvalue weighted by atomic mass is 32.2. The largest absolute Gasteiger partial charge is 0.312 e. The van der Waals surface area contributed by atoms with Crippen molar-refractivity contribution in [1.82, 2.24) is 10.2 Å². The highest BCUT2D eigenvalue weighted by Gasteiger charge is 2.26. The van der Waals surface area contributed by atoms with Crippen molar-refractivity contribution in [3.63, 3.8) is 0 Å². The fraction of sp³-hybridized carbons (Fsp3) is 0.438. The lowest BCUT2D eigenvalue weighted by atomic mass is 10.2. The van der Waals surface area contributed by atoms with Gasteiger partial charge in [-0.15, -0.1) is 10.2 Å². The number of nitrogens with one attached hydrogen (secondary N) is 1. The summed E-state index contributed by atoms with van der Waals surface area (Å²) in [5.74, 6) is 0.961. The molecule has 2 heterocycles. The Labute approximate surface area is 161 Å². The minimum Gasteiger partial charge on any atom is -0.312 e. The van der Waals surface area contributed by atoms with Crippen LogP contribution in [-0.4, -0.2) is 36.8 Å². The van der Waals surface area contributed by atoms with Gasteiger partial charge in [0.05, 0.1) is 4.90 Å². The van der Waals surface area contributed by atoms with E-state index in [9.17, 15) is 13.2 Å². The second-order valence-electron chi connectivity index (χ2n) is 5.77. The van der Waals surface area contributed by atoms with Crippen molar-refractivity contribution in [3.05, 3.63) is 23.8 Å². The predicted molar refractivity (Wildman–Crippen MR) is 105 cm³/mol. The Morgan fingerprint density at radius 3 is 2.88 bits per heavy atom. The van der Waals surface area contributed by atoms with Crippen LogP contribution in [0.15, 0.2) is 27.4 Å². The van der Waals surface area contributed by atoms with E-state index >= 15 is 0 Å². The van der Waals surface area contributed by atoms with E-state index in [4.69, 9.17) is 0 Å². The fourth-order valence-electron chi connectivity index (χ4n) is 2.67. The summed E-state index contributed by atoms with van der Waals surface area (Å²) in [6, 6.07) is 4.86. The van der Waals surface area contributed by atoms with Crippen LogP contribution in [0, 0.1) is 0 Å². The minimum absolute atomic E-state index is 0.0449. The van der Waals surface area contributed by atoms with Crippen LogP contribution in [0.4, 0.5) is 10.8 Å². The van der Waals surface area contributed by atoms with E-state index in [0.717, 1.165) is 27.8 Å². The number of hydrogen-bond donors (Lipinski definition) is 1. The van der Waals surface area contributed by atoms with Gasteiger partial charge in [0.1, 0.15) is 0 Å². The summed E-state index contributed by atoms with van der Waals surface area (Å²) in [5, 5.41) is 8.15. The SMILES string of the molecule is CCCSc1nnc(NS(=O)(=O)c2ccc3c(c2)CCN3C(=O)CC)s1. The van der Waals surface area contributed by atoms with Gasteiger partial charge in [0.25, 0.3) is 10.0 Å². The van der Waals surface area contributed by atoms with Crippen LogP contribution < -0.4 is 9.62 Å². The maximum absolute atomic E-state index is 12.6. The number of rotatable bonds is 7. The molecule has 1 aromatic carbocycles. The van der Waals surface area contributed by atoms with E-state index in [0.29, 0.717) is 19.4 Å². The van der Waals surface area contributed by atoms with E-state index in [1.165, 1.54) is 17.4 Å². The zero-order valence-electron chi connectivity index (χ0n) is 14.6. The van der Waals surface area contributed by atoms with Crippen molar-refractivity contribution < 1.29 is 13.2 Å². The first kappa shape index (κ1) is 19.1. The average molecular weight is 413 g/mol. The monoisotopic (exact) mass is 412 g/mol. The molecule has 0 radical (unpaired) electrons. The zero-order valence-corrected chi connectivity index (χ0v) is 17.0. The van der Waals surface area contributed by atoms with E-state index in [2.05, 4.69) is 21.8 Å². The second kappa shape index (κ2) is 7.93. The lowest BCUT2D eigenvalue weighted by molar-refractivity contribution is -0.118. The summed E-state index contributed by atoms with van der Waals surface area (Å²) in [6.07, 6.45) is 2.09. The normalized spacial score (nSPS) is 13.7. The molecule has 1 amide bonds. The number of fused-ring (bicyclic) bond motifs is 1. The number of benzene rings is 1. The molecule has 1 aliphatic heterocycles. The first-order valence-corrected chi connectivity index (χ1v) is 11.7. The molecule has 0 aliphatic carbocycles. The smallest absolute Gasteiger partial charge is 0.263 e. The van der Waals surface area contributed by atoms with Crippen molar-refractivity contribution in [2.24, 2.45) is 0 Å². The molecule has 0 atom stereocenters. The third-order valence-electron chi connectivity index (χ3n) is 3.92. The number of carbonyl (C=O) groups is 1. The molecule has 26 heavy (non-hydrogen) atoms. The Morgan fingerprint density at radius 2 is 2.15 bits per heavy atom. The molecule has 3 rings (SSSR count). The Kier molecular flexibility index (Phi) is 5.83. The van der Waals surface area contributed by atoms with Crippen LogP contribution >= 0.6 is 23.1 Å².